The minimum atomic E-state index is -0.455. The molecule has 6 heteroatoms. The highest BCUT2D eigenvalue weighted by Gasteiger charge is 2.11. The molecule has 0 bridgehead atoms. The average Bonchev–Trinajstić information content (AvgIpc) is 2.48. The summed E-state index contributed by atoms with van der Waals surface area (Å²) in [6, 6.07) is 0. The lowest BCUT2D eigenvalue weighted by Gasteiger charge is -1.97. The molecule has 0 aliphatic rings. The van der Waals surface area contributed by atoms with Crippen molar-refractivity contribution in [2.24, 2.45) is 5.73 Å². The number of hydrogen-bond acceptors (Lipinski definition) is 4. The number of aryl methyl sites for hydroxylation is 1. The van der Waals surface area contributed by atoms with E-state index in [1.54, 1.807) is 0 Å². The van der Waals surface area contributed by atoms with E-state index in [2.05, 4.69) is 4.98 Å². The molecule has 1 aromatic heterocycles. The van der Waals surface area contributed by atoms with Crippen molar-refractivity contribution in [3.05, 3.63) is 22.6 Å². The molecule has 12 heavy (non-hydrogen) atoms. The summed E-state index contributed by atoms with van der Waals surface area (Å²) in [5, 5.41) is 10.4. The SMILES string of the molecule is NCCCn1cncc1[N+](=O)[O-]. The Morgan fingerprint density at radius 2 is 2.50 bits per heavy atom. The number of nitrogens with zero attached hydrogens (tertiary/aromatic N) is 3. The van der Waals surface area contributed by atoms with E-state index in [9.17, 15) is 10.1 Å². The lowest BCUT2D eigenvalue weighted by Crippen LogP contribution is -2.07. The van der Waals surface area contributed by atoms with Gasteiger partial charge in [-0.1, -0.05) is 0 Å². The molecule has 2 N–H and O–H groups in total. The fourth-order valence-corrected chi connectivity index (χ4v) is 0.900. The Bertz CT molecular complexity index is 270. The molecule has 0 saturated heterocycles. The fourth-order valence-electron chi connectivity index (χ4n) is 0.900. The first-order valence-electron chi connectivity index (χ1n) is 3.60. The van der Waals surface area contributed by atoms with Gasteiger partial charge in [0.15, 0.2) is 6.33 Å². The summed E-state index contributed by atoms with van der Waals surface area (Å²) < 4.78 is 1.48. The van der Waals surface area contributed by atoms with E-state index in [4.69, 9.17) is 5.73 Å². The summed E-state index contributed by atoms with van der Waals surface area (Å²) in [4.78, 5) is 13.6. The largest absolute Gasteiger partial charge is 0.358 e. The zero-order chi connectivity index (χ0) is 8.97. The van der Waals surface area contributed by atoms with Gasteiger partial charge in [-0.3, -0.25) is 0 Å². The highest BCUT2D eigenvalue weighted by molar-refractivity contribution is 5.14. The molecule has 6 nitrogen and oxygen atoms in total. The average molecular weight is 170 g/mol. The number of aromatic nitrogens is 2. The van der Waals surface area contributed by atoms with Gasteiger partial charge in [0.1, 0.15) is 6.20 Å². The number of hydrogen-bond donors (Lipinski definition) is 1. The molecule has 0 amide bonds. The van der Waals surface area contributed by atoms with Gasteiger partial charge in [0.05, 0.1) is 6.54 Å². The highest BCUT2D eigenvalue weighted by Crippen LogP contribution is 2.09. The number of nitrogens with two attached hydrogens (primary N) is 1. The first kappa shape index (κ1) is 8.66. The lowest BCUT2D eigenvalue weighted by atomic mass is 10.4. The van der Waals surface area contributed by atoms with Crippen molar-refractivity contribution in [1.29, 1.82) is 0 Å². The molecule has 0 radical (unpaired) electrons. The quantitative estimate of drug-likeness (QED) is 0.514. The molecule has 1 heterocycles. The Morgan fingerprint density at radius 1 is 1.75 bits per heavy atom. The van der Waals surface area contributed by atoms with Crippen molar-refractivity contribution in [3.63, 3.8) is 0 Å². The summed E-state index contributed by atoms with van der Waals surface area (Å²) >= 11 is 0. The topological polar surface area (TPSA) is 87.0 Å². The molecule has 0 aliphatic carbocycles. The van der Waals surface area contributed by atoms with Crippen molar-refractivity contribution in [3.8, 4) is 0 Å². The van der Waals surface area contributed by atoms with E-state index < -0.39 is 4.92 Å². The van der Waals surface area contributed by atoms with Crippen molar-refractivity contribution in [2.75, 3.05) is 6.54 Å². The van der Waals surface area contributed by atoms with Gasteiger partial charge in [-0.2, -0.15) is 0 Å². The van der Waals surface area contributed by atoms with Gasteiger partial charge in [0.2, 0.25) is 0 Å². The normalized spacial score (nSPS) is 10.1. The van der Waals surface area contributed by atoms with Gasteiger partial charge in [0.25, 0.3) is 0 Å². The van der Waals surface area contributed by atoms with Crippen molar-refractivity contribution >= 4 is 5.82 Å². The zero-order valence-electron chi connectivity index (χ0n) is 6.51. The Labute approximate surface area is 69.2 Å². The van der Waals surface area contributed by atoms with Crippen LogP contribution < -0.4 is 5.73 Å². The summed E-state index contributed by atoms with van der Waals surface area (Å²) in [6.07, 6.45) is 3.39. The predicted molar refractivity (Wildman–Crippen MR) is 42.6 cm³/mol. The van der Waals surface area contributed by atoms with Crippen LogP contribution in [0.5, 0.6) is 0 Å². The summed E-state index contributed by atoms with van der Waals surface area (Å²) in [5.74, 6) is 0.0171. The van der Waals surface area contributed by atoms with Gasteiger partial charge >= 0.3 is 5.82 Å². The molecule has 1 rings (SSSR count). The zero-order valence-corrected chi connectivity index (χ0v) is 6.51. The monoisotopic (exact) mass is 170 g/mol. The highest BCUT2D eigenvalue weighted by atomic mass is 16.6. The van der Waals surface area contributed by atoms with E-state index in [1.807, 2.05) is 0 Å². The third kappa shape index (κ3) is 1.79. The molecule has 0 spiro atoms. The second-order valence-electron chi connectivity index (χ2n) is 2.34. The molecule has 0 aromatic carbocycles. The van der Waals surface area contributed by atoms with Gasteiger partial charge in [-0.25, -0.2) is 9.55 Å². The van der Waals surface area contributed by atoms with Crippen molar-refractivity contribution < 1.29 is 4.92 Å². The van der Waals surface area contributed by atoms with E-state index >= 15 is 0 Å². The van der Waals surface area contributed by atoms with Crippen molar-refractivity contribution in [1.82, 2.24) is 9.55 Å². The molecular weight excluding hydrogens is 160 g/mol. The van der Waals surface area contributed by atoms with Crippen LogP contribution in [-0.2, 0) is 6.54 Å². The molecular formula is C6H10N4O2. The summed E-state index contributed by atoms with van der Waals surface area (Å²) in [7, 11) is 0. The fraction of sp³-hybridized carbons (Fsp3) is 0.500. The molecule has 0 unspecified atom stereocenters. The van der Waals surface area contributed by atoms with Crippen LogP contribution in [0, 0.1) is 10.1 Å². The van der Waals surface area contributed by atoms with E-state index in [1.165, 1.54) is 17.1 Å². The predicted octanol–water partition coefficient (Wildman–Crippen LogP) is 0.140. The number of imidazole rings is 1. The molecule has 0 saturated carbocycles. The Balaban J connectivity index is 2.70. The Hall–Kier alpha value is -1.43. The molecule has 1 aromatic rings. The smallest absolute Gasteiger partial charge is 0.342 e. The minimum Gasteiger partial charge on any atom is -0.358 e. The second kappa shape index (κ2) is 3.82. The van der Waals surface area contributed by atoms with E-state index in [-0.39, 0.29) is 5.82 Å². The first-order chi connectivity index (χ1) is 5.75. The van der Waals surface area contributed by atoms with Crippen LogP contribution in [0.1, 0.15) is 6.42 Å². The van der Waals surface area contributed by atoms with E-state index in [0.29, 0.717) is 13.1 Å². The molecule has 66 valence electrons. The van der Waals surface area contributed by atoms with Gasteiger partial charge in [-0.15, -0.1) is 0 Å². The number of nitro groups is 1. The van der Waals surface area contributed by atoms with Crippen LogP contribution in [-0.4, -0.2) is 21.0 Å². The van der Waals surface area contributed by atoms with Gasteiger partial charge in [-0.05, 0) is 17.9 Å². The maximum absolute atomic E-state index is 10.4. The van der Waals surface area contributed by atoms with Crippen LogP contribution in [0.15, 0.2) is 12.5 Å². The van der Waals surface area contributed by atoms with Crippen LogP contribution in [0.3, 0.4) is 0 Å². The first-order valence-corrected chi connectivity index (χ1v) is 3.60. The van der Waals surface area contributed by atoms with Crippen molar-refractivity contribution in [2.45, 2.75) is 13.0 Å². The minimum absolute atomic E-state index is 0.0171. The third-order valence-electron chi connectivity index (χ3n) is 1.48. The summed E-state index contributed by atoms with van der Waals surface area (Å²) in [6.45, 7) is 1.07. The third-order valence-corrected chi connectivity index (χ3v) is 1.48. The van der Waals surface area contributed by atoms with Crippen LogP contribution >= 0.6 is 0 Å². The Morgan fingerprint density at radius 3 is 3.08 bits per heavy atom. The lowest BCUT2D eigenvalue weighted by molar-refractivity contribution is -0.392. The molecule has 0 atom stereocenters. The second-order valence-corrected chi connectivity index (χ2v) is 2.34. The maximum Gasteiger partial charge on any atom is 0.342 e. The van der Waals surface area contributed by atoms with Gasteiger partial charge < -0.3 is 15.8 Å². The van der Waals surface area contributed by atoms with Gasteiger partial charge in [0, 0.05) is 0 Å². The summed E-state index contributed by atoms with van der Waals surface area (Å²) in [5.41, 5.74) is 5.27. The standard InChI is InChI=1S/C6H10N4O2/c7-2-1-3-9-5-8-4-6(9)10(11)12/h4-5H,1-3,7H2. The van der Waals surface area contributed by atoms with Crippen LogP contribution in [0.25, 0.3) is 0 Å². The van der Waals surface area contributed by atoms with Crippen LogP contribution in [0.4, 0.5) is 5.82 Å². The number of rotatable bonds is 4. The van der Waals surface area contributed by atoms with E-state index in [0.717, 1.165) is 6.42 Å². The Kier molecular flexibility index (Phi) is 2.76. The maximum atomic E-state index is 10.4. The molecule has 0 aliphatic heterocycles. The molecule has 0 fully saturated rings. The van der Waals surface area contributed by atoms with Crippen LogP contribution in [0.2, 0.25) is 0 Å².